The molecule has 10 heteroatoms. The first-order valence-corrected chi connectivity index (χ1v) is 12.5. The van der Waals surface area contributed by atoms with Gasteiger partial charge >= 0.3 is 6.09 Å². The second-order valence-electron chi connectivity index (χ2n) is 10.8. The summed E-state index contributed by atoms with van der Waals surface area (Å²) in [6.45, 7) is 11.6. The number of rotatable bonds is 3. The standard InChI is InChI=1S/C26H34N6O4/c1-16(2)32-24(27-15-28-32)20-13-30-10-11-35-22-12-17(6-7-19(22)23(30)29-20)18-8-9-31(14-21(18)33)25(34)36-26(3,4)5/h6-7,12-13,15-16,18,21,33H,8-11,14H2,1-5H3/t18-,21+/m1/s1. The van der Waals surface area contributed by atoms with Crippen LogP contribution in [0.3, 0.4) is 0 Å². The average Bonchev–Trinajstić information content (AvgIpc) is 3.42. The first kappa shape index (κ1) is 24.3. The lowest BCUT2D eigenvalue weighted by molar-refractivity contribution is -0.00154. The van der Waals surface area contributed by atoms with Crippen LogP contribution in [0.4, 0.5) is 4.79 Å². The summed E-state index contributed by atoms with van der Waals surface area (Å²) in [6.07, 6.45) is 3.12. The minimum atomic E-state index is -0.689. The van der Waals surface area contributed by atoms with Crippen molar-refractivity contribution in [3.05, 3.63) is 36.3 Å². The molecule has 0 aliphatic carbocycles. The lowest BCUT2D eigenvalue weighted by Crippen LogP contribution is -2.47. The Morgan fingerprint density at radius 2 is 2.03 bits per heavy atom. The predicted octanol–water partition coefficient (Wildman–Crippen LogP) is 3.87. The van der Waals surface area contributed by atoms with Crippen LogP contribution in [0.1, 0.15) is 58.6 Å². The van der Waals surface area contributed by atoms with E-state index < -0.39 is 11.7 Å². The van der Waals surface area contributed by atoms with Crippen LogP contribution in [0.5, 0.6) is 5.75 Å². The Morgan fingerprint density at radius 1 is 1.22 bits per heavy atom. The Morgan fingerprint density at radius 3 is 2.75 bits per heavy atom. The molecule has 192 valence electrons. The molecule has 0 spiro atoms. The number of imidazole rings is 1. The maximum absolute atomic E-state index is 12.4. The highest BCUT2D eigenvalue weighted by Crippen LogP contribution is 2.38. The fourth-order valence-corrected chi connectivity index (χ4v) is 4.86. The molecule has 2 aromatic heterocycles. The van der Waals surface area contributed by atoms with Gasteiger partial charge in [0.15, 0.2) is 5.82 Å². The predicted molar refractivity (Wildman–Crippen MR) is 134 cm³/mol. The largest absolute Gasteiger partial charge is 0.491 e. The normalized spacial score (nSPS) is 19.9. The van der Waals surface area contributed by atoms with Crippen molar-refractivity contribution in [2.75, 3.05) is 19.7 Å². The van der Waals surface area contributed by atoms with Crippen molar-refractivity contribution in [3.8, 4) is 28.7 Å². The van der Waals surface area contributed by atoms with E-state index >= 15 is 0 Å². The highest BCUT2D eigenvalue weighted by molar-refractivity contribution is 5.70. The summed E-state index contributed by atoms with van der Waals surface area (Å²) in [6, 6.07) is 6.22. The summed E-state index contributed by atoms with van der Waals surface area (Å²) in [7, 11) is 0. The van der Waals surface area contributed by atoms with E-state index in [2.05, 4.69) is 28.5 Å². The number of benzene rings is 1. The molecule has 1 saturated heterocycles. The van der Waals surface area contributed by atoms with Gasteiger partial charge in [0.05, 0.1) is 24.8 Å². The molecule has 1 N–H and O–H groups in total. The smallest absolute Gasteiger partial charge is 0.410 e. The monoisotopic (exact) mass is 494 g/mol. The molecule has 36 heavy (non-hydrogen) atoms. The van der Waals surface area contributed by atoms with Crippen LogP contribution in [0.15, 0.2) is 30.7 Å². The van der Waals surface area contributed by atoms with Crippen LogP contribution in [0, 0.1) is 0 Å². The second-order valence-corrected chi connectivity index (χ2v) is 10.8. The van der Waals surface area contributed by atoms with Gasteiger partial charge < -0.3 is 24.0 Å². The summed E-state index contributed by atoms with van der Waals surface area (Å²) in [4.78, 5) is 23.4. The minimum absolute atomic E-state index is 0.0965. The highest BCUT2D eigenvalue weighted by atomic mass is 16.6. The Kier molecular flexibility index (Phi) is 6.23. The van der Waals surface area contributed by atoms with E-state index in [0.717, 1.165) is 34.2 Å². The third-order valence-corrected chi connectivity index (χ3v) is 6.57. The zero-order valence-electron chi connectivity index (χ0n) is 21.5. The van der Waals surface area contributed by atoms with Gasteiger partial charge in [0, 0.05) is 24.7 Å². The van der Waals surface area contributed by atoms with Crippen LogP contribution in [0.2, 0.25) is 0 Å². The number of aromatic nitrogens is 5. The lowest BCUT2D eigenvalue weighted by Gasteiger charge is -2.37. The summed E-state index contributed by atoms with van der Waals surface area (Å²) in [5.41, 5.74) is 2.10. The van der Waals surface area contributed by atoms with Gasteiger partial charge in [-0.3, -0.25) is 0 Å². The number of likely N-dealkylation sites (tertiary alicyclic amines) is 1. The molecule has 0 bridgehead atoms. The molecule has 0 saturated carbocycles. The number of β-amino-alcohol motifs (C(OH)–C–C–N with tert-alkyl or cyclic N) is 1. The topological polar surface area (TPSA) is 108 Å². The molecule has 2 aliphatic heterocycles. The molecule has 3 aromatic rings. The number of piperidine rings is 1. The fraction of sp³-hybridized carbons (Fsp3) is 0.538. The molecular weight excluding hydrogens is 460 g/mol. The minimum Gasteiger partial charge on any atom is -0.491 e. The Bertz CT molecular complexity index is 1260. The van der Waals surface area contributed by atoms with Gasteiger partial charge in [-0.05, 0) is 58.7 Å². The third kappa shape index (κ3) is 4.69. The summed E-state index contributed by atoms with van der Waals surface area (Å²) in [5, 5.41) is 15.3. The van der Waals surface area contributed by atoms with Crippen molar-refractivity contribution < 1.29 is 19.4 Å². The molecule has 1 amide bonds. The van der Waals surface area contributed by atoms with E-state index in [0.29, 0.717) is 26.1 Å². The maximum Gasteiger partial charge on any atom is 0.410 e. The molecule has 10 nitrogen and oxygen atoms in total. The van der Waals surface area contributed by atoms with E-state index in [1.165, 1.54) is 0 Å². The van der Waals surface area contributed by atoms with E-state index in [4.69, 9.17) is 14.5 Å². The molecule has 5 rings (SSSR count). The number of aliphatic hydroxyl groups is 1. The zero-order valence-corrected chi connectivity index (χ0v) is 21.5. The quantitative estimate of drug-likeness (QED) is 0.589. The zero-order chi connectivity index (χ0) is 25.6. The molecule has 0 radical (unpaired) electrons. The number of carbonyl (C=O) groups excluding carboxylic acids is 1. The Balaban J connectivity index is 1.38. The SMILES string of the molecule is CC(C)n1ncnc1-c1cn2c(n1)-c1ccc([C@H]3CCN(C(=O)OC(C)(C)C)C[C@@H]3O)cc1OCC2. The van der Waals surface area contributed by atoms with Crippen molar-refractivity contribution in [2.24, 2.45) is 0 Å². The van der Waals surface area contributed by atoms with E-state index in [-0.39, 0.29) is 24.6 Å². The van der Waals surface area contributed by atoms with Crippen molar-refractivity contribution in [1.29, 1.82) is 0 Å². The van der Waals surface area contributed by atoms with Gasteiger partial charge in [-0.25, -0.2) is 19.4 Å². The van der Waals surface area contributed by atoms with Crippen LogP contribution >= 0.6 is 0 Å². The van der Waals surface area contributed by atoms with Gasteiger partial charge in [0.2, 0.25) is 0 Å². The second kappa shape index (κ2) is 9.24. The van der Waals surface area contributed by atoms with Crippen LogP contribution in [-0.2, 0) is 11.3 Å². The van der Waals surface area contributed by atoms with Crippen molar-refractivity contribution >= 4 is 6.09 Å². The highest BCUT2D eigenvalue weighted by Gasteiger charge is 2.34. The Hall–Kier alpha value is -3.40. The van der Waals surface area contributed by atoms with Gasteiger partial charge in [-0.2, -0.15) is 5.10 Å². The lowest BCUT2D eigenvalue weighted by atomic mass is 9.86. The maximum atomic E-state index is 12.4. The van der Waals surface area contributed by atoms with Crippen molar-refractivity contribution in [3.63, 3.8) is 0 Å². The van der Waals surface area contributed by atoms with E-state index in [1.54, 1.807) is 11.2 Å². The molecule has 2 aliphatic rings. The molecular formula is C26H34N6O4. The number of ether oxygens (including phenoxy) is 2. The van der Waals surface area contributed by atoms with E-state index in [1.807, 2.05) is 49.8 Å². The number of nitrogens with zero attached hydrogens (tertiary/aromatic N) is 6. The number of fused-ring (bicyclic) bond motifs is 3. The third-order valence-electron chi connectivity index (χ3n) is 6.57. The number of aliphatic hydroxyl groups excluding tert-OH is 1. The number of amides is 1. The van der Waals surface area contributed by atoms with Gasteiger partial charge in [0.1, 0.15) is 35.8 Å². The van der Waals surface area contributed by atoms with Crippen LogP contribution < -0.4 is 4.74 Å². The molecule has 1 aromatic carbocycles. The summed E-state index contributed by atoms with van der Waals surface area (Å²) >= 11 is 0. The number of hydrogen-bond acceptors (Lipinski definition) is 7. The number of carbonyl (C=O) groups is 1. The summed E-state index contributed by atoms with van der Waals surface area (Å²) < 4.78 is 15.5. The van der Waals surface area contributed by atoms with Gasteiger partial charge in [-0.1, -0.05) is 6.07 Å². The molecule has 4 heterocycles. The van der Waals surface area contributed by atoms with Crippen molar-refractivity contribution in [1.82, 2.24) is 29.2 Å². The summed E-state index contributed by atoms with van der Waals surface area (Å²) in [5.74, 6) is 2.21. The molecule has 2 atom stereocenters. The van der Waals surface area contributed by atoms with E-state index in [9.17, 15) is 9.90 Å². The molecule has 0 unspecified atom stereocenters. The Labute approximate surface area is 210 Å². The fourth-order valence-electron chi connectivity index (χ4n) is 4.86. The first-order valence-electron chi connectivity index (χ1n) is 12.5. The van der Waals surface area contributed by atoms with Gasteiger partial charge in [-0.15, -0.1) is 0 Å². The number of hydrogen-bond donors (Lipinski definition) is 1. The molecule has 1 fully saturated rings. The first-order chi connectivity index (χ1) is 17.1. The van der Waals surface area contributed by atoms with Crippen LogP contribution in [-0.4, -0.2) is 71.8 Å². The average molecular weight is 495 g/mol. The van der Waals surface area contributed by atoms with Gasteiger partial charge in [0.25, 0.3) is 0 Å². The van der Waals surface area contributed by atoms with Crippen molar-refractivity contribution in [2.45, 2.75) is 71.2 Å². The van der Waals surface area contributed by atoms with Crippen LogP contribution in [0.25, 0.3) is 22.9 Å².